The summed E-state index contributed by atoms with van der Waals surface area (Å²) in [6.07, 6.45) is 4.27. The second-order valence-corrected chi connectivity index (χ2v) is 5.29. The molecule has 0 radical (unpaired) electrons. The average Bonchev–Trinajstić information content (AvgIpc) is 2.75. The fourth-order valence-corrected chi connectivity index (χ4v) is 2.32. The molecule has 0 heterocycles. The van der Waals surface area contributed by atoms with Gasteiger partial charge in [-0.1, -0.05) is 33.1 Å². The molecule has 1 unspecified atom stereocenters. The van der Waals surface area contributed by atoms with Crippen LogP contribution in [0.1, 0.15) is 52.4 Å². The lowest BCUT2D eigenvalue weighted by Gasteiger charge is -2.23. The van der Waals surface area contributed by atoms with E-state index in [-0.39, 0.29) is 12.3 Å². The molecular formula is C13H23NO3. The maximum Gasteiger partial charge on any atom is 0.310 e. The van der Waals surface area contributed by atoms with Gasteiger partial charge in [0.15, 0.2) is 0 Å². The van der Waals surface area contributed by atoms with Crippen molar-refractivity contribution < 1.29 is 14.7 Å². The summed E-state index contributed by atoms with van der Waals surface area (Å²) in [7, 11) is 0. The molecule has 0 bridgehead atoms. The van der Waals surface area contributed by atoms with E-state index in [9.17, 15) is 14.7 Å². The Morgan fingerprint density at radius 2 is 1.94 bits per heavy atom. The first-order chi connectivity index (χ1) is 8.00. The predicted molar refractivity (Wildman–Crippen MR) is 65.6 cm³/mol. The quantitative estimate of drug-likeness (QED) is 0.749. The van der Waals surface area contributed by atoms with E-state index in [4.69, 9.17) is 0 Å². The number of hydrogen-bond acceptors (Lipinski definition) is 2. The van der Waals surface area contributed by atoms with E-state index < -0.39 is 11.4 Å². The Bertz CT molecular complexity index is 282. The molecule has 1 aliphatic carbocycles. The lowest BCUT2D eigenvalue weighted by atomic mass is 9.82. The fraction of sp³-hybridized carbons (Fsp3) is 0.846. The van der Waals surface area contributed by atoms with E-state index >= 15 is 0 Å². The summed E-state index contributed by atoms with van der Waals surface area (Å²) >= 11 is 0. The lowest BCUT2D eigenvalue weighted by molar-refractivity contribution is -0.151. The summed E-state index contributed by atoms with van der Waals surface area (Å²) in [5.74, 6) is -0.480. The standard InChI is InChI=1S/C13H23NO3/c1-3-10(2)9-14-11(15)8-13(12(16)17)6-4-5-7-13/h10H,3-9H2,1-2H3,(H,14,15)(H,16,17). The summed E-state index contributed by atoms with van der Waals surface area (Å²) in [4.78, 5) is 23.0. The zero-order valence-electron chi connectivity index (χ0n) is 10.8. The number of hydrogen-bond donors (Lipinski definition) is 2. The smallest absolute Gasteiger partial charge is 0.310 e. The van der Waals surface area contributed by atoms with Crippen molar-refractivity contribution in [1.82, 2.24) is 5.32 Å². The van der Waals surface area contributed by atoms with Crippen LogP contribution in [0.25, 0.3) is 0 Å². The third-order valence-corrected chi connectivity index (χ3v) is 3.86. The van der Waals surface area contributed by atoms with Gasteiger partial charge in [0.1, 0.15) is 0 Å². The molecule has 1 atom stereocenters. The Hall–Kier alpha value is -1.06. The Balaban J connectivity index is 2.45. The molecule has 0 spiro atoms. The molecule has 98 valence electrons. The van der Waals surface area contributed by atoms with E-state index in [0.29, 0.717) is 25.3 Å². The van der Waals surface area contributed by atoms with Crippen LogP contribution in [-0.2, 0) is 9.59 Å². The lowest BCUT2D eigenvalue weighted by Crippen LogP contribution is -2.37. The Morgan fingerprint density at radius 3 is 2.41 bits per heavy atom. The van der Waals surface area contributed by atoms with Crippen LogP contribution in [0.5, 0.6) is 0 Å². The van der Waals surface area contributed by atoms with Gasteiger partial charge in [-0.3, -0.25) is 9.59 Å². The number of aliphatic carboxylic acids is 1. The van der Waals surface area contributed by atoms with Gasteiger partial charge in [-0.2, -0.15) is 0 Å². The maximum absolute atomic E-state index is 11.8. The minimum absolute atomic E-state index is 0.116. The van der Waals surface area contributed by atoms with Gasteiger partial charge < -0.3 is 10.4 Å². The van der Waals surface area contributed by atoms with Crippen LogP contribution in [-0.4, -0.2) is 23.5 Å². The molecule has 0 aromatic heterocycles. The SMILES string of the molecule is CCC(C)CNC(=O)CC1(C(=O)O)CCCC1. The third-order valence-electron chi connectivity index (χ3n) is 3.86. The molecular weight excluding hydrogens is 218 g/mol. The van der Waals surface area contributed by atoms with E-state index in [1.807, 2.05) is 0 Å². The number of rotatable bonds is 6. The molecule has 1 fully saturated rings. The van der Waals surface area contributed by atoms with Crippen molar-refractivity contribution in [2.45, 2.75) is 52.4 Å². The van der Waals surface area contributed by atoms with Crippen LogP contribution >= 0.6 is 0 Å². The molecule has 1 rings (SSSR count). The van der Waals surface area contributed by atoms with Gasteiger partial charge in [-0.15, -0.1) is 0 Å². The van der Waals surface area contributed by atoms with E-state index in [1.165, 1.54) is 0 Å². The van der Waals surface area contributed by atoms with E-state index in [2.05, 4.69) is 19.2 Å². The zero-order chi connectivity index (χ0) is 12.9. The maximum atomic E-state index is 11.8. The predicted octanol–water partition coefficient (Wildman–Crippen LogP) is 2.18. The highest BCUT2D eigenvalue weighted by molar-refractivity contribution is 5.85. The van der Waals surface area contributed by atoms with Crippen LogP contribution in [0.2, 0.25) is 0 Å². The zero-order valence-corrected chi connectivity index (χ0v) is 10.8. The van der Waals surface area contributed by atoms with Gasteiger partial charge in [-0.05, 0) is 18.8 Å². The minimum atomic E-state index is -0.811. The van der Waals surface area contributed by atoms with Crippen LogP contribution in [0, 0.1) is 11.3 Å². The first-order valence-corrected chi connectivity index (χ1v) is 6.50. The Kier molecular flexibility index (Phi) is 4.97. The van der Waals surface area contributed by atoms with E-state index in [1.54, 1.807) is 0 Å². The van der Waals surface area contributed by atoms with Crippen molar-refractivity contribution in [3.05, 3.63) is 0 Å². The summed E-state index contributed by atoms with van der Waals surface area (Å²) in [5.41, 5.74) is -0.792. The molecule has 0 aromatic carbocycles. The highest BCUT2D eigenvalue weighted by Gasteiger charge is 2.42. The van der Waals surface area contributed by atoms with Crippen LogP contribution < -0.4 is 5.32 Å². The Morgan fingerprint density at radius 1 is 1.35 bits per heavy atom. The first kappa shape index (κ1) is 14.0. The molecule has 4 nitrogen and oxygen atoms in total. The van der Waals surface area contributed by atoms with Crippen molar-refractivity contribution in [1.29, 1.82) is 0 Å². The topological polar surface area (TPSA) is 66.4 Å². The number of carboxylic acid groups (broad SMARTS) is 1. The highest BCUT2D eigenvalue weighted by atomic mass is 16.4. The van der Waals surface area contributed by atoms with Crippen LogP contribution in [0.4, 0.5) is 0 Å². The molecule has 1 aliphatic rings. The second-order valence-electron chi connectivity index (χ2n) is 5.29. The fourth-order valence-electron chi connectivity index (χ4n) is 2.32. The second kappa shape index (κ2) is 6.03. The number of nitrogens with one attached hydrogen (secondary N) is 1. The summed E-state index contributed by atoms with van der Waals surface area (Å²) in [6, 6.07) is 0. The molecule has 0 aliphatic heterocycles. The summed E-state index contributed by atoms with van der Waals surface area (Å²) < 4.78 is 0. The normalized spacial score (nSPS) is 19.9. The van der Waals surface area contributed by atoms with Gasteiger partial charge in [0, 0.05) is 13.0 Å². The van der Waals surface area contributed by atoms with Crippen molar-refractivity contribution in [3.8, 4) is 0 Å². The van der Waals surface area contributed by atoms with Gasteiger partial charge in [0.2, 0.25) is 5.91 Å². The molecule has 1 amide bonds. The first-order valence-electron chi connectivity index (χ1n) is 6.50. The molecule has 4 heteroatoms. The van der Waals surface area contributed by atoms with Crippen molar-refractivity contribution in [3.63, 3.8) is 0 Å². The van der Waals surface area contributed by atoms with Crippen molar-refractivity contribution in [2.75, 3.05) is 6.54 Å². The van der Waals surface area contributed by atoms with Gasteiger partial charge >= 0.3 is 5.97 Å². The van der Waals surface area contributed by atoms with Gasteiger partial charge in [-0.25, -0.2) is 0 Å². The molecule has 17 heavy (non-hydrogen) atoms. The van der Waals surface area contributed by atoms with Crippen molar-refractivity contribution in [2.24, 2.45) is 11.3 Å². The number of amides is 1. The van der Waals surface area contributed by atoms with Gasteiger partial charge in [0.25, 0.3) is 0 Å². The minimum Gasteiger partial charge on any atom is -0.481 e. The molecule has 1 saturated carbocycles. The van der Waals surface area contributed by atoms with Gasteiger partial charge in [0.05, 0.1) is 5.41 Å². The Labute approximate surface area is 103 Å². The van der Waals surface area contributed by atoms with Crippen molar-refractivity contribution >= 4 is 11.9 Å². The molecule has 2 N–H and O–H groups in total. The highest BCUT2D eigenvalue weighted by Crippen LogP contribution is 2.41. The number of carbonyl (C=O) groups excluding carboxylic acids is 1. The number of carbonyl (C=O) groups is 2. The summed E-state index contributed by atoms with van der Waals surface area (Å²) in [6.45, 7) is 4.79. The van der Waals surface area contributed by atoms with Crippen LogP contribution in [0.3, 0.4) is 0 Å². The summed E-state index contributed by atoms with van der Waals surface area (Å²) in [5, 5.41) is 12.1. The van der Waals surface area contributed by atoms with E-state index in [0.717, 1.165) is 19.3 Å². The van der Waals surface area contributed by atoms with Crippen LogP contribution in [0.15, 0.2) is 0 Å². The molecule has 0 aromatic rings. The average molecular weight is 241 g/mol. The molecule has 0 saturated heterocycles. The largest absolute Gasteiger partial charge is 0.481 e. The third kappa shape index (κ3) is 3.72. The monoisotopic (exact) mass is 241 g/mol. The number of carboxylic acids is 1.